The number of aromatic nitrogens is 1. The fraction of sp³-hybridized carbons (Fsp3) is 0.286. The van der Waals surface area contributed by atoms with Crippen molar-refractivity contribution in [1.82, 2.24) is 4.98 Å². The van der Waals surface area contributed by atoms with E-state index in [0.29, 0.717) is 6.61 Å². The second kappa shape index (κ2) is 7.11. The molecular weight excluding hydrogens is 314 g/mol. The highest BCUT2D eigenvalue weighted by atomic mass is 16.5. The number of benzene rings is 2. The Balaban J connectivity index is 1.55. The highest BCUT2D eigenvalue weighted by molar-refractivity contribution is 5.88. The van der Waals surface area contributed by atoms with E-state index in [4.69, 9.17) is 14.2 Å². The summed E-state index contributed by atoms with van der Waals surface area (Å²) < 4.78 is 16.8. The maximum absolute atomic E-state index is 5.89. The summed E-state index contributed by atoms with van der Waals surface area (Å²) in [5.41, 5.74) is 2.16. The number of ether oxygens (including phenoxy) is 3. The van der Waals surface area contributed by atoms with E-state index in [1.165, 1.54) is 5.39 Å². The average molecular weight is 335 g/mol. The average Bonchev–Trinajstić information content (AvgIpc) is 3.19. The van der Waals surface area contributed by atoms with Crippen LogP contribution in [-0.2, 0) is 4.74 Å². The van der Waals surface area contributed by atoms with Gasteiger partial charge in [-0.05, 0) is 53.4 Å². The monoisotopic (exact) mass is 335 g/mol. The third-order valence-corrected chi connectivity index (χ3v) is 4.55. The van der Waals surface area contributed by atoms with Gasteiger partial charge in [-0.25, -0.2) is 0 Å². The standard InChI is InChI=1S/C21H21NO3/c1-23-21-11-18(12-22-13-21)16-4-5-17-10-19(7-6-15(17)9-16)25-14-20-3-2-8-24-20/h4-7,9-13,20H,2-3,8,14H2,1H3. The van der Waals surface area contributed by atoms with Crippen molar-refractivity contribution >= 4 is 10.8 Å². The Morgan fingerprint density at radius 2 is 1.88 bits per heavy atom. The third kappa shape index (κ3) is 3.59. The minimum absolute atomic E-state index is 0.235. The van der Waals surface area contributed by atoms with Gasteiger partial charge in [-0.3, -0.25) is 4.98 Å². The van der Waals surface area contributed by atoms with Gasteiger partial charge in [-0.2, -0.15) is 0 Å². The molecule has 1 aliphatic rings. The second-order valence-corrected chi connectivity index (χ2v) is 6.28. The van der Waals surface area contributed by atoms with E-state index in [-0.39, 0.29) is 6.10 Å². The first-order valence-corrected chi connectivity index (χ1v) is 8.59. The van der Waals surface area contributed by atoms with Crippen molar-refractivity contribution in [2.75, 3.05) is 20.3 Å². The Morgan fingerprint density at radius 3 is 2.72 bits per heavy atom. The molecule has 0 bridgehead atoms. The number of pyridine rings is 1. The fourth-order valence-electron chi connectivity index (χ4n) is 3.15. The Kier molecular flexibility index (Phi) is 4.53. The molecule has 25 heavy (non-hydrogen) atoms. The van der Waals surface area contributed by atoms with E-state index in [1.807, 2.05) is 18.3 Å². The number of methoxy groups -OCH3 is 1. The largest absolute Gasteiger partial charge is 0.495 e. The maximum atomic E-state index is 5.89. The summed E-state index contributed by atoms with van der Waals surface area (Å²) in [5.74, 6) is 1.65. The van der Waals surface area contributed by atoms with Crippen LogP contribution in [0.25, 0.3) is 21.9 Å². The van der Waals surface area contributed by atoms with Gasteiger partial charge in [0.25, 0.3) is 0 Å². The Hall–Kier alpha value is -2.59. The number of fused-ring (bicyclic) bond motifs is 1. The van der Waals surface area contributed by atoms with Crippen molar-refractivity contribution in [2.24, 2.45) is 0 Å². The molecule has 1 aliphatic heterocycles. The van der Waals surface area contributed by atoms with E-state index >= 15 is 0 Å². The van der Waals surface area contributed by atoms with Crippen LogP contribution < -0.4 is 9.47 Å². The van der Waals surface area contributed by atoms with Crippen molar-refractivity contribution in [3.05, 3.63) is 54.9 Å². The zero-order valence-electron chi connectivity index (χ0n) is 14.3. The number of nitrogens with zero attached hydrogens (tertiary/aromatic N) is 1. The SMILES string of the molecule is COc1cncc(-c2ccc3cc(OCC4CCCO4)ccc3c2)c1. The molecule has 1 fully saturated rings. The lowest BCUT2D eigenvalue weighted by Gasteiger charge is -2.12. The first kappa shape index (κ1) is 15.9. The zero-order chi connectivity index (χ0) is 17.1. The minimum atomic E-state index is 0.235. The van der Waals surface area contributed by atoms with Crippen molar-refractivity contribution in [1.29, 1.82) is 0 Å². The second-order valence-electron chi connectivity index (χ2n) is 6.28. The number of hydrogen-bond donors (Lipinski definition) is 0. The van der Waals surface area contributed by atoms with Crippen LogP contribution in [0.3, 0.4) is 0 Å². The molecule has 1 unspecified atom stereocenters. The highest BCUT2D eigenvalue weighted by Gasteiger charge is 2.16. The summed E-state index contributed by atoms with van der Waals surface area (Å²) in [6.07, 6.45) is 6.02. The Morgan fingerprint density at radius 1 is 1.00 bits per heavy atom. The molecule has 2 aromatic carbocycles. The van der Waals surface area contributed by atoms with E-state index < -0.39 is 0 Å². The van der Waals surface area contributed by atoms with Gasteiger partial charge < -0.3 is 14.2 Å². The van der Waals surface area contributed by atoms with Gasteiger partial charge in [0, 0.05) is 18.4 Å². The van der Waals surface area contributed by atoms with Crippen LogP contribution in [0.5, 0.6) is 11.5 Å². The van der Waals surface area contributed by atoms with Crippen molar-refractivity contribution < 1.29 is 14.2 Å². The molecule has 0 spiro atoms. The topological polar surface area (TPSA) is 40.6 Å². The van der Waals surface area contributed by atoms with Crippen LogP contribution in [0.1, 0.15) is 12.8 Å². The quantitative estimate of drug-likeness (QED) is 0.690. The number of hydrogen-bond acceptors (Lipinski definition) is 4. The number of rotatable bonds is 5. The van der Waals surface area contributed by atoms with E-state index in [1.54, 1.807) is 13.3 Å². The van der Waals surface area contributed by atoms with Gasteiger partial charge in [-0.15, -0.1) is 0 Å². The molecule has 4 rings (SSSR count). The van der Waals surface area contributed by atoms with Crippen LogP contribution in [0.15, 0.2) is 54.9 Å². The van der Waals surface area contributed by atoms with E-state index in [9.17, 15) is 0 Å². The smallest absolute Gasteiger partial charge is 0.137 e. The first-order valence-electron chi connectivity index (χ1n) is 8.59. The van der Waals surface area contributed by atoms with Gasteiger partial charge >= 0.3 is 0 Å². The van der Waals surface area contributed by atoms with Crippen LogP contribution >= 0.6 is 0 Å². The minimum Gasteiger partial charge on any atom is -0.495 e. The molecule has 1 aromatic heterocycles. The van der Waals surface area contributed by atoms with Crippen molar-refractivity contribution in [3.8, 4) is 22.6 Å². The molecule has 1 saturated heterocycles. The molecule has 0 amide bonds. The summed E-state index contributed by atoms with van der Waals surface area (Å²) in [6.45, 7) is 1.48. The normalized spacial score (nSPS) is 16.9. The fourth-order valence-corrected chi connectivity index (χ4v) is 3.15. The van der Waals surface area contributed by atoms with Gasteiger partial charge in [0.05, 0.1) is 19.4 Å². The molecule has 4 nitrogen and oxygen atoms in total. The molecule has 0 radical (unpaired) electrons. The molecule has 0 aliphatic carbocycles. The summed E-state index contributed by atoms with van der Waals surface area (Å²) >= 11 is 0. The molecule has 2 heterocycles. The van der Waals surface area contributed by atoms with Crippen LogP contribution in [0.2, 0.25) is 0 Å². The molecule has 1 atom stereocenters. The van der Waals surface area contributed by atoms with Crippen LogP contribution in [-0.4, -0.2) is 31.4 Å². The van der Waals surface area contributed by atoms with Crippen LogP contribution in [0, 0.1) is 0 Å². The lowest BCUT2D eigenvalue weighted by molar-refractivity contribution is 0.0680. The van der Waals surface area contributed by atoms with E-state index in [0.717, 1.165) is 47.5 Å². The Bertz CT molecular complexity index is 872. The summed E-state index contributed by atoms with van der Waals surface area (Å²) in [5, 5.41) is 2.33. The van der Waals surface area contributed by atoms with Gasteiger partial charge in [0.15, 0.2) is 0 Å². The van der Waals surface area contributed by atoms with Crippen molar-refractivity contribution in [2.45, 2.75) is 18.9 Å². The predicted molar refractivity (Wildman–Crippen MR) is 98.2 cm³/mol. The highest BCUT2D eigenvalue weighted by Crippen LogP contribution is 2.28. The first-order chi connectivity index (χ1) is 12.3. The van der Waals surface area contributed by atoms with Gasteiger partial charge in [-0.1, -0.05) is 18.2 Å². The molecular formula is C21H21NO3. The van der Waals surface area contributed by atoms with Crippen molar-refractivity contribution in [3.63, 3.8) is 0 Å². The summed E-state index contributed by atoms with van der Waals surface area (Å²) in [6, 6.07) is 14.6. The predicted octanol–water partition coefficient (Wildman–Crippen LogP) is 4.47. The lowest BCUT2D eigenvalue weighted by atomic mass is 10.0. The van der Waals surface area contributed by atoms with Gasteiger partial charge in [0.1, 0.15) is 18.1 Å². The molecule has 3 aromatic rings. The summed E-state index contributed by atoms with van der Waals surface area (Å²) in [7, 11) is 1.65. The third-order valence-electron chi connectivity index (χ3n) is 4.55. The van der Waals surface area contributed by atoms with Gasteiger partial charge in [0.2, 0.25) is 0 Å². The molecule has 4 heteroatoms. The van der Waals surface area contributed by atoms with Crippen LogP contribution in [0.4, 0.5) is 0 Å². The molecule has 128 valence electrons. The molecule has 0 N–H and O–H groups in total. The Labute approximate surface area is 147 Å². The zero-order valence-corrected chi connectivity index (χ0v) is 14.3. The lowest BCUT2D eigenvalue weighted by Crippen LogP contribution is -2.16. The maximum Gasteiger partial charge on any atom is 0.137 e. The summed E-state index contributed by atoms with van der Waals surface area (Å²) in [4.78, 5) is 4.23. The molecule has 0 saturated carbocycles. The van der Waals surface area contributed by atoms with E-state index in [2.05, 4.69) is 35.3 Å².